The molecular formula is C30H31N3O. The average molecular weight is 450 g/mol. The van der Waals surface area contributed by atoms with Gasteiger partial charge < -0.3 is 4.74 Å². The van der Waals surface area contributed by atoms with E-state index in [-0.39, 0.29) is 6.61 Å². The number of hydrogen-bond acceptors (Lipinski definition) is 4. The van der Waals surface area contributed by atoms with E-state index in [0.29, 0.717) is 5.56 Å². The first-order chi connectivity index (χ1) is 16.7. The van der Waals surface area contributed by atoms with E-state index in [9.17, 15) is 5.26 Å². The second-order valence-corrected chi connectivity index (χ2v) is 8.95. The number of benzene rings is 2. The Balaban J connectivity index is 1.64. The number of nitriles is 2. The van der Waals surface area contributed by atoms with Gasteiger partial charge in [0.25, 0.3) is 0 Å². The maximum absolute atomic E-state index is 9.92. The minimum Gasteiger partial charge on any atom is -0.478 e. The van der Waals surface area contributed by atoms with Crippen molar-refractivity contribution in [2.75, 3.05) is 19.7 Å². The molecule has 0 amide bonds. The minimum absolute atomic E-state index is 0.0302. The van der Waals surface area contributed by atoms with Crippen LogP contribution in [0.25, 0.3) is 17.7 Å². The summed E-state index contributed by atoms with van der Waals surface area (Å²) in [7, 11) is 0. The van der Waals surface area contributed by atoms with Crippen LogP contribution in [-0.4, -0.2) is 24.6 Å². The van der Waals surface area contributed by atoms with Crippen LogP contribution in [0.2, 0.25) is 0 Å². The third-order valence-electron chi connectivity index (χ3n) is 6.54. The van der Waals surface area contributed by atoms with Gasteiger partial charge in [0.15, 0.2) is 6.61 Å². The maximum Gasteiger partial charge on any atom is 0.174 e. The minimum atomic E-state index is 0.0302. The van der Waals surface area contributed by atoms with Crippen LogP contribution in [0.3, 0.4) is 0 Å². The lowest BCUT2D eigenvalue weighted by Crippen LogP contribution is -2.29. The number of piperidine rings is 1. The summed E-state index contributed by atoms with van der Waals surface area (Å²) in [5.41, 5.74) is 6.99. The molecule has 0 atom stereocenters. The lowest BCUT2D eigenvalue weighted by molar-refractivity contribution is 0.217. The molecule has 1 heterocycles. The molecule has 2 aromatic rings. The Morgan fingerprint density at radius 3 is 2.59 bits per heavy atom. The highest BCUT2D eigenvalue weighted by molar-refractivity contribution is 5.83. The fraction of sp³-hybridized carbons (Fsp3) is 0.333. The van der Waals surface area contributed by atoms with E-state index < -0.39 is 0 Å². The van der Waals surface area contributed by atoms with E-state index in [1.807, 2.05) is 36.4 Å². The van der Waals surface area contributed by atoms with E-state index in [1.54, 1.807) is 0 Å². The lowest BCUT2D eigenvalue weighted by Gasteiger charge is -2.27. The van der Waals surface area contributed by atoms with Crippen molar-refractivity contribution >= 4 is 17.7 Å². The van der Waals surface area contributed by atoms with Gasteiger partial charge in [0, 0.05) is 12.1 Å². The molecule has 0 unspecified atom stereocenters. The zero-order chi connectivity index (χ0) is 23.8. The lowest BCUT2D eigenvalue weighted by atomic mass is 9.92. The fourth-order valence-electron chi connectivity index (χ4n) is 4.74. The van der Waals surface area contributed by atoms with Gasteiger partial charge in [0.2, 0.25) is 0 Å². The number of aryl methyl sites for hydroxylation is 1. The highest BCUT2D eigenvalue weighted by Crippen LogP contribution is 2.30. The van der Waals surface area contributed by atoms with Gasteiger partial charge in [-0.25, -0.2) is 0 Å². The van der Waals surface area contributed by atoms with Crippen LogP contribution < -0.4 is 4.74 Å². The van der Waals surface area contributed by atoms with Crippen LogP contribution in [0.15, 0.2) is 48.6 Å². The van der Waals surface area contributed by atoms with Crippen molar-refractivity contribution < 1.29 is 4.74 Å². The highest BCUT2D eigenvalue weighted by Gasteiger charge is 2.15. The first kappa shape index (κ1) is 23.6. The second kappa shape index (κ2) is 11.5. The van der Waals surface area contributed by atoms with Gasteiger partial charge in [-0.1, -0.05) is 61.1 Å². The molecule has 2 aliphatic rings. The van der Waals surface area contributed by atoms with Gasteiger partial charge in [-0.15, -0.1) is 0 Å². The molecule has 172 valence electrons. The van der Waals surface area contributed by atoms with Crippen LogP contribution in [0.1, 0.15) is 65.5 Å². The zero-order valence-corrected chi connectivity index (χ0v) is 19.9. The van der Waals surface area contributed by atoms with Gasteiger partial charge >= 0.3 is 0 Å². The zero-order valence-electron chi connectivity index (χ0n) is 19.9. The SMILES string of the molecule is Cc1cc(CN2CCCCC2)c(OCC#N)cc1/C=C/c1cccc(C2=CCCC=C2)c1C#N. The predicted molar refractivity (Wildman–Crippen MR) is 138 cm³/mol. The molecule has 4 heteroatoms. The number of hydrogen-bond donors (Lipinski definition) is 0. The number of rotatable bonds is 7. The molecule has 0 bridgehead atoms. The summed E-state index contributed by atoms with van der Waals surface area (Å²) in [6, 6.07) is 14.7. The van der Waals surface area contributed by atoms with Crippen LogP contribution in [0, 0.1) is 29.6 Å². The summed E-state index contributed by atoms with van der Waals surface area (Å²) in [5.74, 6) is 0.768. The van der Waals surface area contributed by atoms with E-state index in [2.05, 4.69) is 48.3 Å². The normalized spacial score (nSPS) is 16.1. The molecule has 1 aliphatic heterocycles. The molecule has 0 aromatic heterocycles. The molecule has 34 heavy (non-hydrogen) atoms. The molecule has 1 saturated heterocycles. The van der Waals surface area contributed by atoms with Crippen molar-refractivity contribution in [3.63, 3.8) is 0 Å². The summed E-state index contributed by atoms with van der Waals surface area (Å²) in [5, 5.41) is 19.0. The first-order valence-electron chi connectivity index (χ1n) is 12.1. The molecule has 1 fully saturated rings. The van der Waals surface area contributed by atoms with Crippen LogP contribution in [0.4, 0.5) is 0 Å². The summed E-state index contributed by atoms with van der Waals surface area (Å²) in [6.07, 6.45) is 16.4. The Bertz CT molecular complexity index is 1200. The van der Waals surface area contributed by atoms with E-state index in [0.717, 1.165) is 71.6 Å². The third kappa shape index (κ3) is 5.66. The first-order valence-corrected chi connectivity index (χ1v) is 12.1. The molecule has 4 rings (SSSR count). The van der Waals surface area contributed by atoms with Crippen LogP contribution >= 0.6 is 0 Å². The van der Waals surface area contributed by atoms with Crippen molar-refractivity contribution in [3.05, 3.63) is 81.9 Å². The third-order valence-corrected chi connectivity index (χ3v) is 6.54. The van der Waals surface area contributed by atoms with Gasteiger partial charge in [-0.2, -0.15) is 10.5 Å². The Morgan fingerprint density at radius 1 is 1.03 bits per heavy atom. The van der Waals surface area contributed by atoms with E-state index >= 15 is 0 Å². The van der Waals surface area contributed by atoms with Crippen molar-refractivity contribution in [3.8, 4) is 17.9 Å². The smallest absolute Gasteiger partial charge is 0.174 e. The molecule has 0 saturated carbocycles. The second-order valence-electron chi connectivity index (χ2n) is 8.95. The quantitative estimate of drug-likeness (QED) is 0.444. The molecular weight excluding hydrogens is 418 g/mol. The summed E-state index contributed by atoms with van der Waals surface area (Å²) >= 11 is 0. The Hall–Kier alpha value is -3.60. The van der Waals surface area contributed by atoms with E-state index in [1.165, 1.54) is 19.3 Å². The Morgan fingerprint density at radius 2 is 1.85 bits per heavy atom. The largest absolute Gasteiger partial charge is 0.478 e. The number of likely N-dealkylation sites (tertiary alicyclic amines) is 1. The van der Waals surface area contributed by atoms with Crippen molar-refractivity contribution in [2.24, 2.45) is 0 Å². The number of allylic oxidation sites excluding steroid dienone is 4. The molecule has 4 nitrogen and oxygen atoms in total. The van der Waals surface area contributed by atoms with Crippen molar-refractivity contribution in [1.82, 2.24) is 4.90 Å². The number of ether oxygens (including phenoxy) is 1. The van der Waals surface area contributed by atoms with Gasteiger partial charge in [0.1, 0.15) is 17.9 Å². The van der Waals surface area contributed by atoms with Crippen LogP contribution in [0.5, 0.6) is 5.75 Å². The predicted octanol–water partition coefficient (Wildman–Crippen LogP) is 6.66. The number of nitrogens with zero attached hydrogens (tertiary/aromatic N) is 3. The topological polar surface area (TPSA) is 60.0 Å². The maximum atomic E-state index is 9.92. The van der Waals surface area contributed by atoms with Gasteiger partial charge in [0.05, 0.1) is 5.56 Å². The Kier molecular flexibility index (Phi) is 7.97. The average Bonchev–Trinajstić information content (AvgIpc) is 2.88. The van der Waals surface area contributed by atoms with Crippen LogP contribution in [-0.2, 0) is 6.54 Å². The highest BCUT2D eigenvalue weighted by atomic mass is 16.5. The molecule has 0 N–H and O–H groups in total. The molecule has 2 aromatic carbocycles. The standard InChI is InChI=1S/C30H31N3O/c1-23-19-27(22-33-16-6-3-7-17-33)30(34-18-15-31)20-26(23)14-13-25-11-8-12-28(29(25)21-32)24-9-4-2-5-10-24/h4,8-14,19-20H,2-3,5-7,16-18,22H2,1H3/b14-13+. The molecule has 0 radical (unpaired) electrons. The van der Waals surface area contributed by atoms with Gasteiger partial charge in [-0.3, -0.25) is 4.90 Å². The van der Waals surface area contributed by atoms with Crippen molar-refractivity contribution in [2.45, 2.75) is 45.6 Å². The Labute approximate surface area is 203 Å². The fourth-order valence-corrected chi connectivity index (χ4v) is 4.74. The summed E-state index contributed by atoms with van der Waals surface area (Å²) in [6.45, 7) is 5.19. The molecule has 1 aliphatic carbocycles. The molecule has 0 spiro atoms. The van der Waals surface area contributed by atoms with Gasteiger partial charge in [-0.05, 0) is 79.6 Å². The summed E-state index contributed by atoms with van der Waals surface area (Å²) < 4.78 is 5.83. The monoisotopic (exact) mass is 449 g/mol. The summed E-state index contributed by atoms with van der Waals surface area (Å²) in [4.78, 5) is 2.46. The van der Waals surface area contributed by atoms with Crippen molar-refractivity contribution in [1.29, 1.82) is 10.5 Å². The van der Waals surface area contributed by atoms with E-state index in [4.69, 9.17) is 10.00 Å².